The van der Waals surface area contributed by atoms with Crippen LogP contribution in [0.1, 0.15) is 13.3 Å². The van der Waals surface area contributed by atoms with E-state index in [1.165, 1.54) is 6.07 Å². The molecule has 0 aliphatic carbocycles. The summed E-state index contributed by atoms with van der Waals surface area (Å²) >= 11 is 5.78. The van der Waals surface area contributed by atoms with E-state index in [-0.39, 0.29) is 16.7 Å². The first-order valence-electron chi connectivity index (χ1n) is 5.15. The van der Waals surface area contributed by atoms with Gasteiger partial charge in [0.25, 0.3) is 0 Å². The van der Waals surface area contributed by atoms with Gasteiger partial charge in [-0.2, -0.15) is 0 Å². The Hall–Kier alpha value is -0.580. The lowest BCUT2D eigenvalue weighted by molar-refractivity contribution is 0.556. The molecule has 0 amide bonds. The number of nitrogens with one attached hydrogen (secondary N) is 1. The fourth-order valence-corrected chi connectivity index (χ4v) is 3.40. The minimum Gasteiger partial charge on any atom is -0.316 e. The fraction of sp³-hybridized carbons (Fsp3) is 0.455. The second-order valence-corrected chi connectivity index (χ2v) is 6.10. The van der Waals surface area contributed by atoms with Crippen molar-refractivity contribution in [3.8, 4) is 0 Å². The summed E-state index contributed by atoms with van der Waals surface area (Å²) in [6.45, 7) is 1.95. The van der Waals surface area contributed by atoms with Crippen LogP contribution in [0.5, 0.6) is 0 Å². The number of halogens is 1. The summed E-state index contributed by atoms with van der Waals surface area (Å²) in [5, 5.41) is 3.42. The molecule has 0 saturated heterocycles. The highest BCUT2D eigenvalue weighted by atomic mass is 35.5. The Morgan fingerprint density at radius 2 is 2.12 bits per heavy atom. The fourth-order valence-electron chi connectivity index (χ4n) is 1.43. The van der Waals surface area contributed by atoms with Crippen molar-refractivity contribution in [3.05, 3.63) is 29.3 Å². The third kappa shape index (κ3) is 3.47. The van der Waals surface area contributed by atoms with E-state index in [0.717, 1.165) is 6.42 Å². The van der Waals surface area contributed by atoms with E-state index in [2.05, 4.69) is 5.32 Å². The van der Waals surface area contributed by atoms with Crippen LogP contribution in [0.25, 0.3) is 0 Å². The van der Waals surface area contributed by atoms with Gasteiger partial charge in [0.05, 0.1) is 10.6 Å². The Bertz CT molecular complexity index is 441. The summed E-state index contributed by atoms with van der Waals surface area (Å²) in [7, 11) is -1.49. The average Bonchev–Trinajstić information content (AvgIpc) is 2.26. The molecule has 90 valence electrons. The average molecular weight is 262 g/mol. The first-order chi connectivity index (χ1) is 7.49. The number of hydrogen-bond donors (Lipinski definition) is 1. The van der Waals surface area contributed by atoms with Gasteiger partial charge in [-0.1, -0.05) is 24.6 Å². The van der Waals surface area contributed by atoms with Crippen LogP contribution in [0.15, 0.2) is 29.2 Å². The summed E-state index contributed by atoms with van der Waals surface area (Å²) in [6, 6.07) is 6.35. The number of rotatable bonds is 5. The molecular weight excluding hydrogens is 246 g/mol. The zero-order valence-electron chi connectivity index (χ0n) is 9.40. The zero-order valence-corrected chi connectivity index (χ0v) is 11.0. The molecule has 0 saturated carbocycles. The molecule has 0 aliphatic rings. The molecule has 3 nitrogen and oxygen atoms in total. The van der Waals surface area contributed by atoms with Gasteiger partial charge in [-0.15, -0.1) is 0 Å². The monoisotopic (exact) mass is 261 g/mol. The van der Waals surface area contributed by atoms with Crippen LogP contribution >= 0.6 is 11.6 Å². The van der Waals surface area contributed by atoms with Crippen LogP contribution in [0, 0.1) is 0 Å². The van der Waals surface area contributed by atoms with Crippen molar-refractivity contribution in [1.29, 1.82) is 0 Å². The summed E-state index contributed by atoms with van der Waals surface area (Å²) < 4.78 is 24.0. The number of benzene rings is 1. The quantitative estimate of drug-likeness (QED) is 0.883. The normalized spacial score (nSPS) is 13.7. The SMILES string of the molecule is CCC(CS(=O)(=O)c1cccc(Cl)c1)NC. The Morgan fingerprint density at radius 1 is 1.44 bits per heavy atom. The van der Waals surface area contributed by atoms with Crippen LogP contribution in [-0.4, -0.2) is 27.3 Å². The Morgan fingerprint density at radius 3 is 2.62 bits per heavy atom. The maximum Gasteiger partial charge on any atom is 0.179 e. The van der Waals surface area contributed by atoms with Crippen LogP contribution in [0.3, 0.4) is 0 Å². The van der Waals surface area contributed by atoms with Crippen molar-refractivity contribution in [3.63, 3.8) is 0 Å². The van der Waals surface area contributed by atoms with E-state index in [1.54, 1.807) is 25.2 Å². The first kappa shape index (κ1) is 13.5. The summed E-state index contributed by atoms with van der Waals surface area (Å²) in [6.07, 6.45) is 0.774. The van der Waals surface area contributed by atoms with E-state index in [9.17, 15) is 8.42 Å². The lowest BCUT2D eigenvalue weighted by atomic mass is 10.3. The molecule has 0 aliphatic heterocycles. The molecule has 16 heavy (non-hydrogen) atoms. The molecule has 5 heteroatoms. The van der Waals surface area contributed by atoms with Gasteiger partial charge in [0.2, 0.25) is 0 Å². The van der Waals surface area contributed by atoms with Gasteiger partial charge in [0, 0.05) is 11.1 Å². The maximum atomic E-state index is 12.0. The van der Waals surface area contributed by atoms with Gasteiger partial charge >= 0.3 is 0 Å². The minimum absolute atomic E-state index is 0.0241. The summed E-state index contributed by atoms with van der Waals surface area (Å²) in [5.41, 5.74) is 0. The molecule has 0 bridgehead atoms. The molecule has 0 fully saturated rings. The van der Waals surface area contributed by atoms with Crippen molar-refractivity contribution in [2.75, 3.05) is 12.8 Å². The van der Waals surface area contributed by atoms with Crippen molar-refractivity contribution >= 4 is 21.4 Å². The highest BCUT2D eigenvalue weighted by molar-refractivity contribution is 7.91. The van der Waals surface area contributed by atoms with E-state index in [4.69, 9.17) is 11.6 Å². The van der Waals surface area contributed by atoms with Gasteiger partial charge in [-0.25, -0.2) is 8.42 Å². The zero-order chi connectivity index (χ0) is 12.2. The molecule has 1 unspecified atom stereocenters. The Kier molecular flexibility index (Phi) is 4.77. The molecule has 1 aromatic carbocycles. The highest BCUT2D eigenvalue weighted by Crippen LogP contribution is 2.17. The molecule has 1 rings (SSSR count). The Balaban J connectivity index is 2.94. The van der Waals surface area contributed by atoms with E-state index in [1.807, 2.05) is 6.92 Å². The van der Waals surface area contributed by atoms with Gasteiger partial charge in [0.15, 0.2) is 9.84 Å². The molecule has 0 aromatic heterocycles. The molecule has 0 spiro atoms. The van der Waals surface area contributed by atoms with E-state index < -0.39 is 9.84 Å². The van der Waals surface area contributed by atoms with Crippen LogP contribution in [-0.2, 0) is 9.84 Å². The smallest absolute Gasteiger partial charge is 0.179 e. The first-order valence-corrected chi connectivity index (χ1v) is 7.18. The lowest BCUT2D eigenvalue weighted by Crippen LogP contribution is -2.32. The summed E-state index contributed by atoms with van der Waals surface area (Å²) in [4.78, 5) is 0.286. The van der Waals surface area contributed by atoms with Gasteiger partial charge < -0.3 is 5.32 Å². The van der Waals surface area contributed by atoms with Gasteiger partial charge in [0.1, 0.15) is 0 Å². The van der Waals surface area contributed by atoms with Crippen molar-refractivity contribution in [2.45, 2.75) is 24.3 Å². The van der Waals surface area contributed by atoms with Crippen molar-refractivity contribution in [1.82, 2.24) is 5.32 Å². The minimum atomic E-state index is -3.25. The number of sulfone groups is 1. The predicted molar refractivity (Wildman–Crippen MR) is 66.6 cm³/mol. The number of hydrogen-bond acceptors (Lipinski definition) is 3. The maximum absolute atomic E-state index is 12.0. The van der Waals surface area contributed by atoms with Crippen molar-refractivity contribution in [2.24, 2.45) is 0 Å². The Labute approximate surface area is 102 Å². The molecule has 1 atom stereocenters. The van der Waals surface area contributed by atoms with Gasteiger partial charge in [-0.05, 0) is 31.7 Å². The van der Waals surface area contributed by atoms with Crippen LogP contribution < -0.4 is 5.32 Å². The summed E-state index contributed by atoms with van der Waals surface area (Å²) in [5.74, 6) is 0.0976. The van der Waals surface area contributed by atoms with E-state index >= 15 is 0 Å². The van der Waals surface area contributed by atoms with Crippen molar-refractivity contribution < 1.29 is 8.42 Å². The van der Waals surface area contributed by atoms with Crippen LogP contribution in [0.2, 0.25) is 5.02 Å². The molecule has 1 aromatic rings. The molecule has 1 N–H and O–H groups in total. The van der Waals surface area contributed by atoms with E-state index in [0.29, 0.717) is 5.02 Å². The highest BCUT2D eigenvalue weighted by Gasteiger charge is 2.19. The topological polar surface area (TPSA) is 46.2 Å². The second-order valence-electron chi connectivity index (χ2n) is 3.63. The largest absolute Gasteiger partial charge is 0.316 e. The lowest BCUT2D eigenvalue weighted by Gasteiger charge is -2.14. The predicted octanol–water partition coefficient (Wildman–Crippen LogP) is 2.11. The standard InChI is InChI=1S/C11H16ClNO2S/c1-3-10(13-2)8-16(14,15)11-6-4-5-9(12)7-11/h4-7,10,13H,3,8H2,1-2H3. The third-order valence-electron chi connectivity index (χ3n) is 2.48. The molecule has 0 heterocycles. The van der Waals surface area contributed by atoms with Crippen LogP contribution in [0.4, 0.5) is 0 Å². The second kappa shape index (κ2) is 5.66. The molecule has 0 radical (unpaired) electrons. The van der Waals surface area contributed by atoms with Gasteiger partial charge in [-0.3, -0.25) is 0 Å². The third-order valence-corrected chi connectivity index (χ3v) is 4.53. The molecular formula is C11H16ClNO2S.